The molecule has 2 aliphatic heterocycles. The predicted octanol–water partition coefficient (Wildman–Crippen LogP) is 5.93. The molecule has 1 aromatic heterocycles. The van der Waals surface area contributed by atoms with Gasteiger partial charge in [-0.2, -0.15) is 31.4 Å². The highest BCUT2D eigenvalue weighted by Gasteiger charge is 2.53. The zero-order valence-electron chi connectivity index (χ0n) is 22.0. The number of rotatable bonds is 7. The average molecular weight is 585 g/mol. The Morgan fingerprint density at radius 3 is 2.27 bits per heavy atom. The molecule has 13 heteroatoms. The monoisotopic (exact) mass is 584 g/mol. The van der Waals surface area contributed by atoms with Crippen molar-refractivity contribution in [1.29, 1.82) is 0 Å². The number of fused-ring (bicyclic) bond motifs is 1. The van der Waals surface area contributed by atoms with Gasteiger partial charge in [-0.1, -0.05) is 12.1 Å². The second-order valence-corrected chi connectivity index (χ2v) is 10.6. The number of nitrogens with zero attached hydrogens (tertiary/aromatic N) is 3. The summed E-state index contributed by atoms with van der Waals surface area (Å²) in [6, 6.07) is 6.18. The van der Waals surface area contributed by atoms with E-state index in [4.69, 9.17) is 4.74 Å². The third kappa shape index (κ3) is 5.96. The van der Waals surface area contributed by atoms with Gasteiger partial charge in [-0.15, -0.1) is 0 Å². The number of carbonyl (C=O) groups excluding carboxylic acids is 1. The summed E-state index contributed by atoms with van der Waals surface area (Å²) in [6.45, 7) is 1.92. The number of aromatic amines is 1. The third-order valence-electron chi connectivity index (χ3n) is 7.86. The molecule has 41 heavy (non-hydrogen) atoms. The Labute approximate surface area is 231 Å². The molecule has 220 valence electrons. The minimum Gasteiger partial charge on any atom is -0.368 e. The highest BCUT2D eigenvalue weighted by molar-refractivity contribution is 5.85. The maximum Gasteiger partial charge on any atom is 0.416 e. The van der Waals surface area contributed by atoms with Gasteiger partial charge in [0.15, 0.2) is 0 Å². The Kier molecular flexibility index (Phi) is 7.62. The normalized spacial score (nSPS) is 23.9. The zero-order valence-corrected chi connectivity index (χ0v) is 22.0. The number of carbonyl (C=O) groups is 1. The minimum atomic E-state index is -4.99. The van der Waals surface area contributed by atoms with Crippen LogP contribution < -0.4 is 0 Å². The molecular formula is C28H27F7N4O2. The fourth-order valence-corrected chi connectivity index (χ4v) is 5.87. The van der Waals surface area contributed by atoms with E-state index in [0.717, 1.165) is 5.56 Å². The van der Waals surface area contributed by atoms with Crippen molar-refractivity contribution in [3.63, 3.8) is 0 Å². The molecule has 2 aromatic carbocycles. The maximum atomic E-state index is 13.8. The van der Waals surface area contributed by atoms with Crippen LogP contribution in [0.25, 0.3) is 0 Å². The Balaban J connectivity index is 1.43. The largest absolute Gasteiger partial charge is 0.416 e. The lowest BCUT2D eigenvalue weighted by Gasteiger charge is -2.28. The van der Waals surface area contributed by atoms with Gasteiger partial charge in [-0.05, 0) is 61.9 Å². The van der Waals surface area contributed by atoms with Gasteiger partial charge in [0.05, 0.1) is 35.6 Å². The van der Waals surface area contributed by atoms with Crippen LogP contribution in [0.1, 0.15) is 53.2 Å². The molecule has 3 heterocycles. The molecule has 6 nitrogen and oxygen atoms in total. The first-order valence-corrected chi connectivity index (χ1v) is 12.9. The molecule has 2 fully saturated rings. The van der Waals surface area contributed by atoms with Gasteiger partial charge < -0.3 is 9.64 Å². The Bertz CT molecular complexity index is 1340. The van der Waals surface area contributed by atoms with Crippen LogP contribution in [0.3, 0.4) is 0 Å². The molecule has 2 unspecified atom stereocenters. The van der Waals surface area contributed by atoms with Gasteiger partial charge in [0, 0.05) is 36.8 Å². The summed E-state index contributed by atoms with van der Waals surface area (Å²) in [5.41, 5.74) is -1.61. The van der Waals surface area contributed by atoms with Crippen LogP contribution in [0, 0.1) is 5.82 Å². The summed E-state index contributed by atoms with van der Waals surface area (Å²) in [7, 11) is 1.81. The minimum absolute atomic E-state index is 0.0715. The van der Waals surface area contributed by atoms with Crippen molar-refractivity contribution in [1.82, 2.24) is 20.0 Å². The van der Waals surface area contributed by atoms with Crippen LogP contribution >= 0.6 is 0 Å². The van der Waals surface area contributed by atoms with E-state index in [-0.39, 0.29) is 30.1 Å². The maximum absolute atomic E-state index is 13.8. The molecule has 1 N–H and O–H groups in total. The number of alkyl halides is 6. The van der Waals surface area contributed by atoms with Crippen LogP contribution in [-0.2, 0) is 28.4 Å². The molecule has 0 spiro atoms. The van der Waals surface area contributed by atoms with E-state index >= 15 is 0 Å². The van der Waals surface area contributed by atoms with Gasteiger partial charge in [0.25, 0.3) is 0 Å². The molecule has 5 atom stereocenters. The Morgan fingerprint density at radius 1 is 1.07 bits per heavy atom. The smallest absolute Gasteiger partial charge is 0.368 e. The molecule has 0 aliphatic carbocycles. The molecule has 3 aromatic rings. The van der Waals surface area contributed by atoms with Gasteiger partial charge in [-0.25, -0.2) is 4.39 Å². The van der Waals surface area contributed by atoms with Gasteiger partial charge in [-0.3, -0.25) is 14.8 Å². The molecule has 2 aliphatic rings. The number of benzene rings is 2. The third-order valence-corrected chi connectivity index (χ3v) is 7.86. The van der Waals surface area contributed by atoms with Crippen LogP contribution in [0.4, 0.5) is 30.7 Å². The predicted molar refractivity (Wildman–Crippen MR) is 133 cm³/mol. The lowest BCUT2D eigenvalue weighted by molar-refractivity contribution is -0.143. The van der Waals surface area contributed by atoms with Crippen LogP contribution in [-0.4, -0.2) is 57.7 Å². The number of likely N-dealkylation sites (N-methyl/N-ethyl adjacent to an activating group) is 1. The fourth-order valence-electron chi connectivity index (χ4n) is 5.87. The average Bonchev–Trinajstić information content (AvgIpc) is 3.61. The lowest BCUT2D eigenvalue weighted by atomic mass is 9.87. The summed E-state index contributed by atoms with van der Waals surface area (Å²) in [5.74, 6) is -1.12. The standard InChI is InChI=1S/C28H27F7N4O2/c1-15(18-7-19(27(30,31)32)9-20(8-18)28(33,34)35)41-24-14-39-22(25(24)17-3-5-21(29)6-4-17)10-23(26(39)40)38(2)13-16-11-36-37-12-16/h3-9,11-12,15,22-25H,10,13-14H2,1-2H3,(H,36,37)/t15-,22+,23?,24+,25?/m1/s1. The second kappa shape index (κ2) is 10.8. The first-order valence-electron chi connectivity index (χ1n) is 12.9. The van der Waals surface area contributed by atoms with Crippen molar-refractivity contribution in [3.8, 4) is 0 Å². The van der Waals surface area contributed by atoms with Gasteiger partial charge in [0.2, 0.25) is 5.91 Å². The van der Waals surface area contributed by atoms with E-state index in [2.05, 4.69) is 10.2 Å². The highest BCUT2D eigenvalue weighted by Crippen LogP contribution is 2.45. The number of amides is 1. The van der Waals surface area contributed by atoms with Crippen LogP contribution in [0.2, 0.25) is 0 Å². The van der Waals surface area contributed by atoms with Gasteiger partial charge in [0.1, 0.15) is 5.82 Å². The van der Waals surface area contributed by atoms with E-state index in [1.54, 1.807) is 29.4 Å². The van der Waals surface area contributed by atoms with Crippen LogP contribution in [0.15, 0.2) is 54.9 Å². The summed E-state index contributed by atoms with van der Waals surface area (Å²) in [6.07, 6.45) is -8.12. The van der Waals surface area contributed by atoms with Crippen molar-refractivity contribution >= 4 is 5.91 Å². The molecular weight excluding hydrogens is 557 g/mol. The number of H-pyrrole nitrogens is 1. The first-order chi connectivity index (χ1) is 19.2. The molecule has 0 bridgehead atoms. The van der Waals surface area contributed by atoms with E-state index in [9.17, 15) is 35.5 Å². The molecule has 2 saturated heterocycles. The second-order valence-electron chi connectivity index (χ2n) is 10.6. The van der Waals surface area contributed by atoms with Crippen molar-refractivity contribution in [2.24, 2.45) is 0 Å². The van der Waals surface area contributed by atoms with Crippen molar-refractivity contribution in [3.05, 3.63) is 88.5 Å². The molecule has 0 radical (unpaired) electrons. The Hall–Kier alpha value is -3.45. The number of nitrogens with one attached hydrogen (secondary N) is 1. The molecule has 5 rings (SSSR count). The summed E-state index contributed by atoms with van der Waals surface area (Å²) in [4.78, 5) is 17.0. The number of halogens is 7. The summed E-state index contributed by atoms with van der Waals surface area (Å²) >= 11 is 0. The molecule has 0 saturated carbocycles. The Morgan fingerprint density at radius 2 is 1.71 bits per heavy atom. The van der Waals surface area contributed by atoms with E-state index in [0.29, 0.717) is 30.7 Å². The quantitative estimate of drug-likeness (QED) is 0.350. The topological polar surface area (TPSA) is 61.5 Å². The highest BCUT2D eigenvalue weighted by atomic mass is 19.4. The summed E-state index contributed by atoms with van der Waals surface area (Å²) < 4.78 is 101. The number of ether oxygens (including phenoxy) is 1. The number of hydrogen-bond acceptors (Lipinski definition) is 4. The zero-order chi connectivity index (χ0) is 29.7. The fraction of sp³-hybridized carbons (Fsp3) is 0.429. The first kappa shape index (κ1) is 29.1. The SMILES string of the molecule is C[C@@H](O[C@H]1CN2C(=O)C(N(C)Cc3cn[nH]c3)C[C@H]2C1c1ccc(F)cc1)c1cc(C(F)(F)F)cc(C(F)(F)F)c1. The van der Waals surface area contributed by atoms with Crippen molar-refractivity contribution in [2.45, 2.75) is 62.5 Å². The van der Waals surface area contributed by atoms with E-state index in [1.165, 1.54) is 19.1 Å². The molecule has 1 amide bonds. The van der Waals surface area contributed by atoms with E-state index in [1.807, 2.05) is 11.9 Å². The summed E-state index contributed by atoms with van der Waals surface area (Å²) in [5, 5.41) is 6.64. The number of aromatic nitrogens is 2. The number of hydrogen-bond donors (Lipinski definition) is 1. The van der Waals surface area contributed by atoms with Gasteiger partial charge >= 0.3 is 12.4 Å². The van der Waals surface area contributed by atoms with Crippen molar-refractivity contribution in [2.75, 3.05) is 13.6 Å². The van der Waals surface area contributed by atoms with E-state index < -0.39 is 53.5 Å². The van der Waals surface area contributed by atoms with Crippen LogP contribution in [0.5, 0.6) is 0 Å². The van der Waals surface area contributed by atoms with Crippen molar-refractivity contribution < 1.29 is 40.3 Å². The lowest BCUT2D eigenvalue weighted by Crippen LogP contribution is -2.40.